The van der Waals surface area contributed by atoms with E-state index in [9.17, 15) is 0 Å². The van der Waals surface area contributed by atoms with Gasteiger partial charge in [-0.1, -0.05) is 29.6 Å². The molecule has 2 aliphatic rings. The molecule has 1 aliphatic carbocycles. The van der Waals surface area contributed by atoms with Crippen LogP contribution in [0.2, 0.25) is 10.0 Å². The highest BCUT2D eigenvalue weighted by Crippen LogP contribution is 2.41. The second kappa shape index (κ2) is 6.35. The Morgan fingerprint density at radius 1 is 1.25 bits per heavy atom. The van der Waals surface area contributed by atoms with Gasteiger partial charge in [0.15, 0.2) is 0 Å². The lowest BCUT2D eigenvalue weighted by Gasteiger charge is -2.31. The quantitative estimate of drug-likeness (QED) is 0.868. The van der Waals surface area contributed by atoms with Gasteiger partial charge in [0.2, 0.25) is 0 Å². The summed E-state index contributed by atoms with van der Waals surface area (Å²) in [7, 11) is 0. The van der Waals surface area contributed by atoms with Gasteiger partial charge in [-0.2, -0.15) is 11.8 Å². The maximum atomic E-state index is 6.24. The third-order valence-corrected chi connectivity index (χ3v) is 5.90. The molecule has 0 bridgehead atoms. The summed E-state index contributed by atoms with van der Waals surface area (Å²) in [6, 6.07) is 4.62. The number of nitrogens with one attached hydrogen (secondary N) is 1. The Hall–Kier alpha value is -0.0900. The van der Waals surface area contributed by atoms with Crippen molar-refractivity contribution in [2.45, 2.75) is 43.0 Å². The molecule has 1 aromatic rings. The summed E-state index contributed by atoms with van der Waals surface area (Å²) < 4.78 is 5.72. The number of ether oxygens (including phenoxy) is 1. The first-order valence-electron chi connectivity index (χ1n) is 7.09. The Bertz CT molecular complexity index is 497. The summed E-state index contributed by atoms with van der Waals surface area (Å²) in [5.74, 6) is 0.804. The summed E-state index contributed by atoms with van der Waals surface area (Å²) in [4.78, 5) is 0. The molecule has 0 saturated heterocycles. The van der Waals surface area contributed by atoms with Crippen molar-refractivity contribution >= 4 is 35.0 Å². The molecule has 3 unspecified atom stereocenters. The van der Waals surface area contributed by atoms with Crippen LogP contribution in [-0.2, 0) is 0 Å². The van der Waals surface area contributed by atoms with E-state index >= 15 is 0 Å². The molecule has 20 heavy (non-hydrogen) atoms. The first-order valence-corrected chi connectivity index (χ1v) is 9.14. The van der Waals surface area contributed by atoms with Gasteiger partial charge in [0, 0.05) is 34.3 Å². The van der Waals surface area contributed by atoms with Crippen molar-refractivity contribution in [3.05, 3.63) is 27.7 Å². The second-order valence-corrected chi connectivity index (χ2v) is 7.39. The van der Waals surface area contributed by atoms with E-state index in [1.807, 2.05) is 17.8 Å². The van der Waals surface area contributed by atoms with E-state index in [0.717, 1.165) is 23.0 Å². The zero-order chi connectivity index (χ0) is 14.1. The number of benzene rings is 1. The fourth-order valence-corrected chi connectivity index (χ4v) is 4.77. The van der Waals surface area contributed by atoms with E-state index in [1.165, 1.54) is 19.3 Å². The first kappa shape index (κ1) is 14.8. The molecule has 0 aromatic heterocycles. The molecular weight excluding hydrogens is 313 g/mol. The molecular formula is C15H19Cl2NOS. The Morgan fingerprint density at radius 3 is 2.90 bits per heavy atom. The molecule has 1 N–H and O–H groups in total. The van der Waals surface area contributed by atoms with Crippen molar-refractivity contribution < 1.29 is 4.74 Å². The van der Waals surface area contributed by atoms with Gasteiger partial charge in [-0.05, 0) is 31.2 Å². The molecule has 1 saturated carbocycles. The Kier molecular flexibility index (Phi) is 4.71. The van der Waals surface area contributed by atoms with Gasteiger partial charge in [-0.15, -0.1) is 0 Å². The Morgan fingerprint density at radius 2 is 2.10 bits per heavy atom. The summed E-state index contributed by atoms with van der Waals surface area (Å²) in [5.41, 5.74) is 1.11. The highest BCUT2D eigenvalue weighted by molar-refractivity contribution is 7.99. The third kappa shape index (κ3) is 2.92. The van der Waals surface area contributed by atoms with Crippen LogP contribution in [0.15, 0.2) is 12.1 Å². The van der Waals surface area contributed by atoms with Crippen LogP contribution >= 0.6 is 35.0 Å². The number of rotatable bonds is 3. The van der Waals surface area contributed by atoms with E-state index in [1.54, 1.807) is 6.07 Å². The largest absolute Gasteiger partial charge is 0.492 e. The second-order valence-electron chi connectivity index (χ2n) is 5.47. The van der Waals surface area contributed by atoms with Gasteiger partial charge in [-0.25, -0.2) is 0 Å². The lowest BCUT2D eigenvalue weighted by Crippen LogP contribution is -2.39. The molecule has 3 atom stereocenters. The standard InChI is InChI=1S/C15H19Cl2NOS/c1-20-14-4-2-3-13(14)18-12-5-6-19-15-10(12)7-9(16)8-11(15)17/h7-8,12-14,18H,2-6H2,1H3. The van der Waals surface area contributed by atoms with Gasteiger partial charge in [0.05, 0.1) is 11.6 Å². The van der Waals surface area contributed by atoms with Crippen molar-refractivity contribution in [3.63, 3.8) is 0 Å². The molecule has 110 valence electrons. The zero-order valence-electron chi connectivity index (χ0n) is 11.5. The molecule has 5 heteroatoms. The van der Waals surface area contributed by atoms with Gasteiger partial charge in [-0.3, -0.25) is 0 Å². The predicted octanol–water partition coefficient (Wildman–Crippen LogP) is 4.69. The van der Waals surface area contributed by atoms with Gasteiger partial charge in [0.1, 0.15) is 5.75 Å². The lowest BCUT2D eigenvalue weighted by atomic mass is 9.99. The number of halogens is 2. The van der Waals surface area contributed by atoms with E-state index < -0.39 is 0 Å². The van der Waals surface area contributed by atoms with E-state index in [2.05, 4.69) is 11.6 Å². The van der Waals surface area contributed by atoms with Crippen LogP contribution in [0.4, 0.5) is 0 Å². The minimum atomic E-state index is 0.299. The van der Waals surface area contributed by atoms with Crippen LogP contribution in [-0.4, -0.2) is 24.2 Å². The topological polar surface area (TPSA) is 21.3 Å². The Labute approximate surface area is 134 Å². The molecule has 1 aliphatic heterocycles. The van der Waals surface area contributed by atoms with Crippen LogP contribution in [0.5, 0.6) is 5.75 Å². The molecule has 0 spiro atoms. The van der Waals surface area contributed by atoms with Crippen LogP contribution in [0.1, 0.15) is 37.3 Å². The summed E-state index contributed by atoms with van der Waals surface area (Å²) in [6.07, 6.45) is 7.06. The smallest absolute Gasteiger partial charge is 0.142 e. The molecule has 3 rings (SSSR count). The van der Waals surface area contributed by atoms with E-state index in [-0.39, 0.29) is 0 Å². The number of fused-ring (bicyclic) bond motifs is 1. The molecule has 0 radical (unpaired) electrons. The van der Waals surface area contributed by atoms with Crippen LogP contribution < -0.4 is 10.1 Å². The van der Waals surface area contributed by atoms with Crippen molar-refractivity contribution in [2.75, 3.05) is 12.9 Å². The SMILES string of the molecule is CSC1CCCC1NC1CCOc2c(Cl)cc(Cl)cc21. The van der Waals surface area contributed by atoms with Crippen LogP contribution in [0, 0.1) is 0 Å². The van der Waals surface area contributed by atoms with Crippen molar-refractivity contribution in [3.8, 4) is 5.75 Å². The minimum absolute atomic E-state index is 0.299. The fraction of sp³-hybridized carbons (Fsp3) is 0.600. The molecule has 2 nitrogen and oxygen atoms in total. The van der Waals surface area contributed by atoms with E-state index in [0.29, 0.717) is 28.7 Å². The summed E-state index contributed by atoms with van der Waals surface area (Å²) >= 11 is 14.4. The van der Waals surface area contributed by atoms with Crippen molar-refractivity contribution in [1.29, 1.82) is 0 Å². The number of thioether (sulfide) groups is 1. The monoisotopic (exact) mass is 331 g/mol. The zero-order valence-corrected chi connectivity index (χ0v) is 13.8. The highest BCUT2D eigenvalue weighted by atomic mass is 35.5. The van der Waals surface area contributed by atoms with Gasteiger partial charge in [0.25, 0.3) is 0 Å². The Balaban J connectivity index is 1.83. The minimum Gasteiger partial charge on any atom is -0.492 e. The highest BCUT2D eigenvalue weighted by Gasteiger charge is 2.31. The normalized spacial score (nSPS) is 29.1. The van der Waals surface area contributed by atoms with Crippen LogP contribution in [0.3, 0.4) is 0 Å². The molecule has 1 aromatic carbocycles. The van der Waals surface area contributed by atoms with E-state index in [4.69, 9.17) is 27.9 Å². The fourth-order valence-electron chi connectivity index (χ4n) is 3.26. The number of hydrogen-bond donors (Lipinski definition) is 1. The summed E-state index contributed by atoms with van der Waals surface area (Å²) in [6.45, 7) is 0.711. The lowest BCUT2D eigenvalue weighted by molar-refractivity contribution is 0.245. The summed E-state index contributed by atoms with van der Waals surface area (Å²) in [5, 5.41) is 5.83. The van der Waals surface area contributed by atoms with Gasteiger partial charge < -0.3 is 10.1 Å². The maximum absolute atomic E-state index is 6.24. The molecule has 0 amide bonds. The van der Waals surface area contributed by atoms with Crippen LogP contribution in [0.25, 0.3) is 0 Å². The van der Waals surface area contributed by atoms with Gasteiger partial charge >= 0.3 is 0 Å². The molecule has 1 fully saturated rings. The molecule has 1 heterocycles. The predicted molar refractivity (Wildman–Crippen MR) is 87.4 cm³/mol. The third-order valence-electron chi connectivity index (χ3n) is 4.24. The average molecular weight is 332 g/mol. The average Bonchev–Trinajstić information content (AvgIpc) is 2.87. The number of hydrogen-bond acceptors (Lipinski definition) is 3. The van der Waals surface area contributed by atoms with Crippen molar-refractivity contribution in [2.24, 2.45) is 0 Å². The van der Waals surface area contributed by atoms with Crippen molar-refractivity contribution in [1.82, 2.24) is 5.32 Å². The maximum Gasteiger partial charge on any atom is 0.142 e. The first-order chi connectivity index (χ1) is 9.69.